The number of benzene rings is 4. The number of nitrogens with one attached hydrogen (secondary N) is 1. The lowest BCUT2D eigenvalue weighted by Gasteiger charge is -2.25. The second-order valence-electron chi connectivity index (χ2n) is 7.51. The molecule has 0 amide bonds. The molecular weight excluding hydrogens is 408 g/mol. The highest BCUT2D eigenvalue weighted by Crippen LogP contribution is 2.54. The fraction of sp³-hybridized carbons (Fsp3) is 0.0769. The molecule has 5 rings (SSSR count). The molecule has 0 saturated carbocycles. The minimum atomic E-state index is -3.53. The van der Waals surface area contributed by atoms with Gasteiger partial charge in [-0.05, 0) is 52.1 Å². The van der Waals surface area contributed by atoms with Crippen molar-refractivity contribution >= 4 is 12.8 Å². The number of fused-ring (bicyclic) bond motifs is 3. The van der Waals surface area contributed by atoms with Crippen LogP contribution in [0.1, 0.15) is 22.8 Å². The van der Waals surface area contributed by atoms with Crippen molar-refractivity contribution in [1.82, 2.24) is 5.09 Å². The summed E-state index contributed by atoms with van der Waals surface area (Å²) in [7, 11) is -3.53. The molecule has 5 heteroatoms. The quantitative estimate of drug-likeness (QED) is 0.370. The summed E-state index contributed by atoms with van der Waals surface area (Å²) in [5, 5.41) is 3.58. The molecule has 1 aliphatic carbocycles. The van der Waals surface area contributed by atoms with E-state index in [1.54, 1.807) is 0 Å². The van der Waals surface area contributed by atoms with E-state index in [0.29, 0.717) is 11.8 Å². The van der Waals surface area contributed by atoms with Crippen LogP contribution in [0.15, 0.2) is 103 Å². The first-order valence-electron chi connectivity index (χ1n) is 10.2. The van der Waals surface area contributed by atoms with Gasteiger partial charge in [-0.25, -0.2) is 9.48 Å². The maximum Gasteiger partial charge on any atom is 0.300 e. The van der Waals surface area contributed by atoms with Gasteiger partial charge in [0, 0.05) is 6.54 Å². The lowest BCUT2D eigenvalue weighted by molar-refractivity contribution is 0.252. The standard InChI is InChI=1S/C26H21FNO2P/c27-20-14-16-21(17-15-20)31(29,28-18-19-8-2-1-3-9-19)30-26-24-12-6-4-10-22(24)23-11-5-7-13-25(23)26/h1-17,26H,18H2,(H,28,29)/t31-/m0/s1. The first-order valence-corrected chi connectivity index (χ1v) is 11.8. The van der Waals surface area contributed by atoms with Crippen LogP contribution in [0.25, 0.3) is 11.1 Å². The molecule has 1 aliphatic rings. The van der Waals surface area contributed by atoms with Gasteiger partial charge in [-0.2, -0.15) is 0 Å². The molecule has 0 heterocycles. The number of hydrogen-bond acceptors (Lipinski definition) is 2. The normalized spacial score (nSPS) is 14.6. The number of halogens is 1. The van der Waals surface area contributed by atoms with Crippen molar-refractivity contribution < 1.29 is 13.5 Å². The van der Waals surface area contributed by atoms with Crippen LogP contribution in [0.4, 0.5) is 4.39 Å². The molecule has 0 unspecified atom stereocenters. The van der Waals surface area contributed by atoms with Crippen molar-refractivity contribution in [2.45, 2.75) is 12.6 Å². The highest BCUT2D eigenvalue weighted by molar-refractivity contribution is 7.65. The van der Waals surface area contributed by atoms with Gasteiger partial charge in [-0.3, -0.25) is 4.57 Å². The van der Waals surface area contributed by atoms with Gasteiger partial charge in [-0.15, -0.1) is 0 Å². The molecule has 1 N–H and O–H groups in total. The van der Waals surface area contributed by atoms with Gasteiger partial charge in [0.15, 0.2) is 0 Å². The lowest BCUT2D eigenvalue weighted by Crippen LogP contribution is -2.23. The Balaban J connectivity index is 1.54. The van der Waals surface area contributed by atoms with E-state index in [0.717, 1.165) is 27.8 Å². The first-order chi connectivity index (χ1) is 15.1. The van der Waals surface area contributed by atoms with E-state index in [9.17, 15) is 8.96 Å². The molecule has 0 aromatic heterocycles. The molecular formula is C26H21FNO2P. The third-order valence-electron chi connectivity index (χ3n) is 5.53. The molecule has 0 fully saturated rings. The summed E-state index contributed by atoms with van der Waals surface area (Å²) in [6.45, 7) is 0.367. The average molecular weight is 429 g/mol. The second-order valence-corrected chi connectivity index (χ2v) is 9.65. The maximum atomic E-state index is 14.2. The Morgan fingerprint density at radius 2 is 1.29 bits per heavy atom. The summed E-state index contributed by atoms with van der Waals surface area (Å²) >= 11 is 0. The van der Waals surface area contributed by atoms with E-state index < -0.39 is 13.6 Å². The average Bonchev–Trinajstić information content (AvgIpc) is 3.13. The summed E-state index contributed by atoms with van der Waals surface area (Å²) < 4.78 is 34.2. The van der Waals surface area contributed by atoms with Crippen LogP contribution in [-0.4, -0.2) is 0 Å². The Kier molecular flexibility index (Phi) is 5.29. The Labute approximate surface area is 181 Å². The lowest BCUT2D eigenvalue weighted by atomic mass is 10.1. The summed E-state index contributed by atoms with van der Waals surface area (Å²) in [6.07, 6.45) is -0.480. The van der Waals surface area contributed by atoms with E-state index in [2.05, 4.69) is 17.2 Å². The van der Waals surface area contributed by atoms with E-state index in [4.69, 9.17) is 4.52 Å². The van der Waals surface area contributed by atoms with Gasteiger partial charge in [0.05, 0.1) is 5.30 Å². The van der Waals surface area contributed by atoms with Crippen molar-refractivity contribution in [2.75, 3.05) is 0 Å². The topological polar surface area (TPSA) is 38.3 Å². The van der Waals surface area contributed by atoms with Gasteiger partial charge in [-0.1, -0.05) is 78.9 Å². The largest absolute Gasteiger partial charge is 0.301 e. The van der Waals surface area contributed by atoms with Gasteiger partial charge < -0.3 is 4.52 Å². The van der Waals surface area contributed by atoms with Crippen molar-refractivity contribution in [1.29, 1.82) is 0 Å². The predicted molar refractivity (Wildman–Crippen MR) is 122 cm³/mol. The third-order valence-corrected chi connectivity index (χ3v) is 7.59. The molecule has 3 nitrogen and oxygen atoms in total. The molecule has 0 saturated heterocycles. The van der Waals surface area contributed by atoms with E-state index >= 15 is 0 Å². The Morgan fingerprint density at radius 3 is 1.90 bits per heavy atom. The fourth-order valence-electron chi connectivity index (χ4n) is 3.99. The van der Waals surface area contributed by atoms with Crippen LogP contribution in [0.3, 0.4) is 0 Å². The molecule has 31 heavy (non-hydrogen) atoms. The third kappa shape index (κ3) is 3.86. The van der Waals surface area contributed by atoms with Crippen LogP contribution in [-0.2, 0) is 15.6 Å². The summed E-state index contributed by atoms with van der Waals surface area (Å²) in [5.41, 5.74) is 5.11. The Morgan fingerprint density at radius 1 is 0.742 bits per heavy atom. The van der Waals surface area contributed by atoms with Crippen LogP contribution in [0.5, 0.6) is 0 Å². The van der Waals surface area contributed by atoms with Gasteiger partial charge in [0.1, 0.15) is 11.9 Å². The molecule has 0 spiro atoms. The Hall–Kier alpha value is -3.04. The van der Waals surface area contributed by atoms with Gasteiger partial charge in [0.2, 0.25) is 0 Å². The van der Waals surface area contributed by atoms with Crippen LogP contribution < -0.4 is 10.4 Å². The van der Waals surface area contributed by atoms with Gasteiger partial charge in [0.25, 0.3) is 0 Å². The maximum absolute atomic E-state index is 14.2. The zero-order valence-electron chi connectivity index (χ0n) is 16.7. The molecule has 0 aliphatic heterocycles. The van der Waals surface area contributed by atoms with E-state index in [1.807, 2.05) is 66.7 Å². The van der Waals surface area contributed by atoms with E-state index in [-0.39, 0.29) is 5.82 Å². The summed E-state index contributed by atoms with van der Waals surface area (Å²) in [4.78, 5) is 0. The summed E-state index contributed by atoms with van der Waals surface area (Å²) in [5.74, 6) is -0.380. The highest BCUT2D eigenvalue weighted by atomic mass is 31.2. The zero-order valence-corrected chi connectivity index (χ0v) is 17.6. The molecule has 4 aromatic carbocycles. The van der Waals surface area contributed by atoms with Crippen molar-refractivity contribution in [3.05, 3.63) is 126 Å². The number of rotatable bonds is 6. The molecule has 0 radical (unpaired) electrons. The van der Waals surface area contributed by atoms with E-state index in [1.165, 1.54) is 24.3 Å². The number of hydrogen-bond donors (Lipinski definition) is 1. The van der Waals surface area contributed by atoms with Crippen molar-refractivity contribution in [3.63, 3.8) is 0 Å². The molecule has 1 atom stereocenters. The molecule has 154 valence electrons. The molecule has 4 aromatic rings. The zero-order chi connectivity index (χ0) is 21.3. The molecule has 0 bridgehead atoms. The second kappa shape index (κ2) is 8.24. The van der Waals surface area contributed by atoms with Crippen molar-refractivity contribution in [2.24, 2.45) is 0 Å². The van der Waals surface area contributed by atoms with Crippen LogP contribution in [0.2, 0.25) is 0 Å². The van der Waals surface area contributed by atoms with Crippen LogP contribution >= 0.6 is 7.52 Å². The smallest absolute Gasteiger partial charge is 0.300 e. The minimum Gasteiger partial charge on any atom is -0.301 e. The Bertz CT molecular complexity index is 1210. The fourth-order valence-corrected chi connectivity index (χ4v) is 5.82. The van der Waals surface area contributed by atoms with Crippen LogP contribution in [0, 0.1) is 5.82 Å². The highest BCUT2D eigenvalue weighted by Gasteiger charge is 2.36. The summed E-state index contributed by atoms with van der Waals surface area (Å²) in [6, 6.07) is 31.4. The van der Waals surface area contributed by atoms with Gasteiger partial charge >= 0.3 is 7.52 Å². The SMILES string of the molecule is O=[P@](NCc1ccccc1)(OC1c2ccccc2-c2ccccc21)c1ccc(F)cc1. The monoisotopic (exact) mass is 429 g/mol. The minimum absolute atomic E-state index is 0.367. The van der Waals surface area contributed by atoms with Crippen molar-refractivity contribution in [3.8, 4) is 11.1 Å². The predicted octanol–water partition coefficient (Wildman–Crippen LogP) is 6.22. The first kappa shape index (κ1) is 19.9.